The summed E-state index contributed by atoms with van der Waals surface area (Å²) >= 11 is 0. The molecule has 4 nitrogen and oxygen atoms in total. The van der Waals surface area contributed by atoms with Gasteiger partial charge in [0.2, 0.25) is 10.0 Å². The van der Waals surface area contributed by atoms with Gasteiger partial charge in [0.1, 0.15) is 0 Å². The van der Waals surface area contributed by atoms with Gasteiger partial charge in [0, 0.05) is 24.8 Å². The molecule has 0 bridgehead atoms. The Morgan fingerprint density at radius 2 is 1.78 bits per heavy atom. The Morgan fingerprint density at radius 1 is 1.22 bits per heavy atom. The normalized spacial score (nSPS) is 13.3. The molecule has 0 aliphatic heterocycles. The molecule has 1 atom stereocenters. The first kappa shape index (κ1) is 15.0. The molecule has 102 valence electrons. The summed E-state index contributed by atoms with van der Waals surface area (Å²) in [5, 5.41) is 0. The van der Waals surface area contributed by atoms with Gasteiger partial charge in [0.05, 0.1) is 6.26 Å². The van der Waals surface area contributed by atoms with Crippen molar-refractivity contribution in [1.29, 1.82) is 0 Å². The Bertz CT molecular complexity index is 482. The minimum atomic E-state index is -3.20. The van der Waals surface area contributed by atoms with E-state index < -0.39 is 10.0 Å². The second-order valence-corrected chi connectivity index (χ2v) is 6.12. The Kier molecular flexibility index (Phi) is 5.16. The van der Waals surface area contributed by atoms with Crippen LogP contribution >= 0.6 is 0 Å². The molecule has 0 saturated carbocycles. The van der Waals surface area contributed by atoms with Crippen molar-refractivity contribution in [2.75, 3.05) is 24.2 Å². The summed E-state index contributed by atoms with van der Waals surface area (Å²) in [6.45, 7) is 7.85. The lowest BCUT2D eigenvalue weighted by molar-refractivity contribution is 0.573. The van der Waals surface area contributed by atoms with Gasteiger partial charge in [0.25, 0.3) is 0 Å². The van der Waals surface area contributed by atoms with Crippen LogP contribution in [0.3, 0.4) is 0 Å². The molecule has 0 radical (unpaired) electrons. The Balaban J connectivity index is 3.08. The number of hydrogen-bond acceptors (Lipinski definition) is 3. The van der Waals surface area contributed by atoms with Crippen LogP contribution in [0.1, 0.15) is 32.4 Å². The molecule has 1 unspecified atom stereocenters. The first-order valence-electron chi connectivity index (χ1n) is 6.20. The van der Waals surface area contributed by atoms with E-state index in [1.54, 1.807) is 0 Å². The van der Waals surface area contributed by atoms with Crippen molar-refractivity contribution in [2.24, 2.45) is 0 Å². The summed E-state index contributed by atoms with van der Waals surface area (Å²) in [6.07, 6.45) is 1.18. The van der Waals surface area contributed by atoms with E-state index in [1.807, 2.05) is 31.2 Å². The van der Waals surface area contributed by atoms with Crippen LogP contribution in [0.4, 0.5) is 5.69 Å². The van der Waals surface area contributed by atoms with Gasteiger partial charge in [0.15, 0.2) is 0 Å². The highest BCUT2D eigenvalue weighted by atomic mass is 32.2. The molecule has 18 heavy (non-hydrogen) atoms. The number of anilines is 1. The molecule has 5 heteroatoms. The summed E-state index contributed by atoms with van der Waals surface area (Å²) in [7, 11) is -3.20. The van der Waals surface area contributed by atoms with Gasteiger partial charge >= 0.3 is 0 Å². The fourth-order valence-corrected chi connectivity index (χ4v) is 2.86. The minimum Gasteiger partial charge on any atom is -0.372 e. The van der Waals surface area contributed by atoms with Crippen molar-refractivity contribution < 1.29 is 8.42 Å². The zero-order chi connectivity index (χ0) is 13.8. The van der Waals surface area contributed by atoms with Crippen molar-refractivity contribution in [3.8, 4) is 0 Å². The summed E-state index contributed by atoms with van der Waals surface area (Å²) in [5.41, 5.74) is 2.10. The zero-order valence-corrected chi connectivity index (χ0v) is 12.3. The zero-order valence-electron chi connectivity index (χ0n) is 11.5. The van der Waals surface area contributed by atoms with Crippen LogP contribution in [0.25, 0.3) is 0 Å². The highest BCUT2D eigenvalue weighted by molar-refractivity contribution is 7.88. The van der Waals surface area contributed by atoms with E-state index in [0.717, 1.165) is 24.3 Å². The maximum Gasteiger partial charge on any atom is 0.209 e. The third-order valence-corrected chi connectivity index (χ3v) is 3.68. The molecule has 0 fully saturated rings. The van der Waals surface area contributed by atoms with E-state index in [0.29, 0.717) is 0 Å². The van der Waals surface area contributed by atoms with Crippen LogP contribution in [-0.4, -0.2) is 27.8 Å². The molecular formula is C13H22N2O2S. The van der Waals surface area contributed by atoms with E-state index in [9.17, 15) is 8.42 Å². The fourth-order valence-electron chi connectivity index (χ4n) is 2.09. The van der Waals surface area contributed by atoms with E-state index in [1.165, 1.54) is 6.26 Å². The van der Waals surface area contributed by atoms with Gasteiger partial charge in [-0.2, -0.15) is 0 Å². The van der Waals surface area contributed by atoms with Gasteiger partial charge in [-0.1, -0.05) is 18.2 Å². The number of benzene rings is 1. The lowest BCUT2D eigenvalue weighted by Crippen LogP contribution is -2.29. The average Bonchev–Trinajstić information content (AvgIpc) is 2.29. The van der Waals surface area contributed by atoms with E-state index in [2.05, 4.69) is 23.5 Å². The third-order valence-electron chi connectivity index (χ3n) is 2.90. The van der Waals surface area contributed by atoms with E-state index >= 15 is 0 Å². The smallest absolute Gasteiger partial charge is 0.209 e. The number of rotatable bonds is 6. The number of nitrogens with one attached hydrogen (secondary N) is 1. The third kappa shape index (κ3) is 3.99. The van der Waals surface area contributed by atoms with Gasteiger partial charge in [-0.25, -0.2) is 13.1 Å². The molecule has 0 aliphatic rings. The van der Waals surface area contributed by atoms with Crippen molar-refractivity contribution in [3.05, 3.63) is 29.8 Å². The number of sulfonamides is 1. The summed E-state index contributed by atoms with van der Waals surface area (Å²) in [4.78, 5) is 2.22. The standard InChI is InChI=1S/C13H22N2O2S/c1-5-15(6-2)13-10-8-7-9-12(13)11(3)14-18(4,16)17/h7-11,14H,5-6H2,1-4H3. The van der Waals surface area contributed by atoms with E-state index in [4.69, 9.17) is 0 Å². The molecule has 1 rings (SSSR count). The summed E-state index contributed by atoms with van der Waals surface area (Å²) < 4.78 is 25.2. The van der Waals surface area contributed by atoms with Crippen LogP contribution in [-0.2, 0) is 10.0 Å². The molecule has 0 aliphatic carbocycles. The maximum absolute atomic E-state index is 11.3. The van der Waals surface area contributed by atoms with Crippen LogP contribution < -0.4 is 9.62 Å². The highest BCUT2D eigenvalue weighted by Gasteiger charge is 2.16. The number of hydrogen-bond donors (Lipinski definition) is 1. The Morgan fingerprint density at radius 3 is 2.28 bits per heavy atom. The predicted molar refractivity (Wildman–Crippen MR) is 76.4 cm³/mol. The molecule has 0 heterocycles. The molecule has 1 aromatic rings. The van der Waals surface area contributed by atoms with Crippen molar-refractivity contribution >= 4 is 15.7 Å². The largest absolute Gasteiger partial charge is 0.372 e. The SMILES string of the molecule is CCN(CC)c1ccccc1C(C)NS(C)(=O)=O. The summed E-state index contributed by atoms with van der Waals surface area (Å²) in [6, 6.07) is 7.68. The first-order chi connectivity index (χ1) is 8.39. The van der Waals surface area contributed by atoms with Crippen molar-refractivity contribution in [3.63, 3.8) is 0 Å². The van der Waals surface area contributed by atoms with Crippen LogP contribution in [0, 0.1) is 0 Å². The number of para-hydroxylation sites is 1. The van der Waals surface area contributed by atoms with Crippen LogP contribution in [0.5, 0.6) is 0 Å². The molecule has 0 saturated heterocycles. The molecule has 0 spiro atoms. The predicted octanol–water partition coefficient (Wildman–Crippen LogP) is 2.14. The van der Waals surface area contributed by atoms with Crippen molar-refractivity contribution in [2.45, 2.75) is 26.8 Å². The van der Waals surface area contributed by atoms with Gasteiger partial charge < -0.3 is 4.90 Å². The van der Waals surface area contributed by atoms with Gasteiger partial charge in [-0.15, -0.1) is 0 Å². The van der Waals surface area contributed by atoms with Crippen molar-refractivity contribution in [1.82, 2.24) is 4.72 Å². The second-order valence-electron chi connectivity index (χ2n) is 4.34. The van der Waals surface area contributed by atoms with E-state index in [-0.39, 0.29) is 6.04 Å². The second kappa shape index (κ2) is 6.20. The Labute approximate surface area is 110 Å². The molecule has 0 amide bonds. The Hall–Kier alpha value is -1.07. The van der Waals surface area contributed by atoms with Crippen LogP contribution in [0.2, 0.25) is 0 Å². The summed E-state index contributed by atoms with van der Waals surface area (Å²) in [5.74, 6) is 0. The minimum absolute atomic E-state index is 0.225. The quantitative estimate of drug-likeness (QED) is 0.861. The van der Waals surface area contributed by atoms with Crippen LogP contribution in [0.15, 0.2) is 24.3 Å². The molecular weight excluding hydrogens is 248 g/mol. The monoisotopic (exact) mass is 270 g/mol. The fraction of sp³-hybridized carbons (Fsp3) is 0.538. The molecule has 1 N–H and O–H groups in total. The van der Waals surface area contributed by atoms with Gasteiger partial charge in [-0.3, -0.25) is 0 Å². The molecule has 0 aromatic heterocycles. The molecule has 1 aromatic carbocycles. The highest BCUT2D eigenvalue weighted by Crippen LogP contribution is 2.26. The average molecular weight is 270 g/mol. The number of nitrogens with zero attached hydrogens (tertiary/aromatic N) is 1. The topological polar surface area (TPSA) is 49.4 Å². The van der Waals surface area contributed by atoms with Gasteiger partial charge in [-0.05, 0) is 32.4 Å². The lowest BCUT2D eigenvalue weighted by atomic mass is 10.1. The first-order valence-corrected chi connectivity index (χ1v) is 8.09. The lowest BCUT2D eigenvalue weighted by Gasteiger charge is -2.26. The maximum atomic E-state index is 11.3.